The van der Waals surface area contributed by atoms with Crippen molar-refractivity contribution in [1.82, 2.24) is 5.43 Å². The second-order valence-electron chi connectivity index (χ2n) is 7.57. The Balaban J connectivity index is 1.61. The van der Waals surface area contributed by atoms with Crippen LogP contribution in [0.3, 0.4) is 0 Å². The molecule has 1 N–H and O–H groups in total. The molecule has 0 aliphatic carbocycles. The number of halogens is 4. The number of hydrazone groups is 1. The molecule has 0 unspecified atom stereocenters. The molecule has 0 saturated carbocycles. The fourth-order valence-corrected chi connectivity index (χ4v) is 4.09. The number of ether oxygens (including phenoxy) is 1. The van der Waals surface area contributed by atoms with Gasteiger partial charge >= 0.3 is 6.18 Å². The van der Waals surface area contributed by atoms with Gasteiger partial charge in [0.15, 0.2) is 0 Å². The number of hydrogen-bond donors (Lipinski definition) is 1. The lowest BCUT2D eigenvalue weighted by Gasteiger charge is -2.22. The number of benzene rings is 3. The highest BCUT2D eigenvalue weighted by Gasteiger charge is 2.34. The summed E-state index contributed by atoms with van der Waals surface area (Å²) in [5, 5.41) is 3.18. The number of sulfonamides is 1. The monoisotopic (exact) mass is 539 g/mol. The van der Waals surface area contributed by atoms with Crippen molar-refractivity contribution >= 4 is 39.4 Å². The molecule has 1 amide bonds. The molecule has 0 atom stereocenters. The number of alkyl halides is 3. The van der Waals surface area contributed by atoms with Crippen LogP contribution < -0.4 is 14.5 Å². The number of amides is 1. The predicted molar refractivity (Wildman–Crippen MR) is 132 cm³/mol. The summed E-state index contributed by atoms with van der Waals surface area (Å²) < 4.78 is 70.0. The summed E-state index contributed by atoms with van der Waals surface area (Å²) in [6.45, 7) is -0.388. The van der Waals surface area contributed by atoms with E-state index in [0.717, 1.165) is 24.0 Å². The van der Waals surface area contributed by atoms with E-state index in [1.807, 2.05) is 30.3 Å². The molecule has 3 aromatic carbocycles. The van der Waals surface area contributed by atoms with Crippen molar-refractivity contribution in [3.05, 3.63) is 94.5 Å². The summed E-state index contributed by atoms with van der Waals surface area (Å²) in [5.74, 6) is -0.229. The number of carbonyl (C=O) groups excluding carboxylic acids is 1. The second kappa shape index (κ2) is 11.4. The Morgan fingerprint density at radius 3 is 2.36 bits per heavy atom. The SMILES string of the molecule is CS(=O)(=O)N(CC(=O)N/N=C\c1ccc(OCc2ccccc2)cc1)c1ccc(Cl)c(C(F)(F)F)c1. The van der Waals surface area contributed by atoms with Crippen molar-refractivity contribution in [2.45, 2.75) is 12.8 Å². The molecule has 0 bridgehead atoms. The maximum atomic E-state index is 13.2. The molecule has 0 radical (unpaired) electrons. The fraction of sp³-hybridized carbons (Fsp3) is 0.167. The van der Waals surface area contributed by atoms with Gasteiger partial charge in [-0.2, -0.15) is 18.3 Å². The molecule has 12 heteroatoms. The van der Waals surface area contributed by atoms with Crippen molar-refractivity contribution in [1.29, 1.82) is 0 Å². The van der Waals surface area contributed by atoms with E-state index in [0.29, 0.717) is 28.3 Å². The van der Waals surface area contributed by atoms with Gasteiger partial charge in [-0.1, -0.05) is 41.9 Å². The van der Waals surface area contributed by atoms with Crippen molar-refractivity contribution in [2.75, 3.05) is 17.1 Å². The van der Waals surface area contributed by atoms with E-state index < -0.39 is 39.2 Å². The highest BCUT2D eigenvalue weighted by atomic mass is 35.5. The lowest BCUT2D eigenvalue weighted by Crippen LogP contribution is -2.39. The van der Waals surface area contributed by atoms with Crippen LogP contribution in [0.4, 0.5) is 18.9 Å². The largest absolute Gasteiger partial charge is 0.489 e. The van der Waals surface area contributed by atoms with Gasteiger partial charge in [0.2, 0.25) is 10.0 Å². The minimum atomic E-state index is -4.80. The summed E-state index contributed by atoms with van der Waals surface area (Å²) in [7, 11) is -4.10. The normalized spacial score (nSPS) is 11.9. The standard InChI is InChI=1S/C24H21ClF3N3O4S/c1-36(33,34)31(19-9-12-22(25)21(13-19)24(26,27)28)15-23(32)30-29-14-17-7-10-20(11-8-17)35-16-18-5-3-2-4-6-18/h2-14H,15-16H2,1H3,(H,30,32)/b29-14-. The lowest BCUT2D eigenvalue weighted by molar-refractivity contribution is -0.137. The molecule has 0 aliphatic rings. The molecule has 0 fully saturated rings. The Labute approximate surface area is 211 Å². The highest BCUT2D eigenvalue weighted by molar-refractivity contribution is 7.92. The Bertz CT molecular complexity index is 1330. The van der Waals surface area contributed by atoms with E-state index in [-0.39, 0.29) is 5.69 Å². The van der Waals surface area contributed by atoms with Gasteiger partial charge in [-0.25, -0.2) is 13.8 Å². The van der Waals surface area contributed by atoms with Crippen LogP contribution in [0.2, 0.25) is 5.02 Å². The number of rotatable bonds is 9. The molecule has 0 spiro atoms. The van der Waals surface area contributed by atoms with Crippen molar-refractivity contribution < 1.29 is 31.1 Å². The van der Waals surface area contributed by atoms with Crippen LogP contribution in [0.15, 0.2) is 77.9 Å². The van der Waals surface area contributed by atoms with E-state index >= 15 is 0 Å². The molecule has 190 valence electrons. The number of nitrogens with one attached hydrogen (secondary N) is 1. The maximum Gasteiger partial charge on any atom is 0.417 e. The van der Waals surface area contributed by atoms with Gasteiger partial charge in [-0.15, -0.1) is 0 Å². The molecule has 0 heterocycles. The summed E-state index contributed by atoms with van der Waals surface area (Å²) in [6, 6.07) is 19.0. The van der Waals surface area contributed by atoms with Crippen molar-refractivity contribution in [2.24, 2.45) is 5.10 Å². The number of carbonyl (C=O) groups is 1. The van der Waals surface area contributed by atoms with Crippen LogP contribution in [-0.4, -0.2) is 33.3 Å². The molecular weight excluding hydrogens is 519 g/mol. The van der Waals surface area contributed by atoms with Gasteiger partial charge in [-0.3, -0.25) is 9.10 Å². The molecule has 3 aromatic rings. The van der Waals surface area contributed by atoms with Crippen molar-refractivity contribution in [3.63, 3.8) is 0 Å². The smallest absolute Gasteiger partial charge is 0.417 e. The highest BCUT2D eigenvalue weighted by Crippen LogP contribution is 2.37. The second-order valence-corrected chi connectivity index (χ2v) is 9.88. The summed E-state index contributed by atoms with van der Waals surface area (Å²) in [4.78, 5) is 12.3. The van der Waals surface area contributed by atoms with Gasteiger partial charge < -0.3 is 4.74 Å². The molecule has 3 rings (SSSR count). The Kier molecular flexibility index (Phi) is 8.59. The zero-order valence-electron chi connectivity index (χ0n) is 18.9. The molecular formula is C24H21ClF3N3O4S. The molecule has 0 aliphatic heterocycles. The average molecular weight is 540 g/mol. The van der Waals surface area contributed by atoms with E-state index in [1.165, 1.54) is 6.21 Å². The van der Waals surface area contributed by atoms with Crippen LogP contribution in [0, 0.1) is 0 Å². The topological polar surface area (TPSA) is 88.1 Å². The summed E-state index contributed by atoms with van der Waals surface area (Å²) >= 11 is 5.59. The Morgan fingerprint density at radius 1 is 1.08 bits per heavy atom. The summed E-state index contributed by atoms with van der Waals surface area (Å²) in [6.07, 6.45) is -2.70. The van der Waals surface area contributed by atoms with E-state index in [4.69, 9.17) is 16.3 Å². The summed E-state index contributed by atoms with van der Waals surface area (Å²) in [5.41, 5.74) is 2.22. The third-order valence-corrected chi connectivity index (χ3v) is 6.23. The minimum absolute atomic E-state index is 0.362. The first-order valence-electron chi connectivity index (χ1n) is 10.4. The van der Waals surface area contributed by atoms with Gasteiger partial charge in [0.25, 0.3) is 5.91 Å². The third-order valence-electron chi connectivity index (χ3n) is 4.76. The average Bonchev–Trinajstić information content (AvgIpc) is 2.82. The zero-order valence-corrected chi connectivity index (χ0v) is 20.4. The van der Waals surface area contributed by atoms with Crippen molar-refractivity contribution in [3.8, 4) is 5.75 Å². The first-order valence-corrected chi connectivity index (χ1v) is 12.6. The van der Waals surface area contributed by atoms with E-state index in [2.05, 4.69) is 10.5 Å². The minimum Gasteiger partial charge on any atom is -0.489 e. The quantitative estimate of drug-likeness (QED) is 0.311. The van der Waals surface area contributed by atoms with Crippen LogP contribution in [-0.2, 0) is 27.6 Å². The van der Waals surface area contributed by atoms with E-state index in [1.54, 1.807) is 24.3 Å². The zero-order chi connectivity index (χ0) is 26.3. The van der Waals surface area contributed by atoms with Crippen LogP contribution in [0.25, 0.3) is 0 Å². The molecule has 36 heavy (non-hydrogen) atoms. The first-order chi connectivity index (χ1) is 16.9. The Hall–Kier alpha value is -3.57. The molecule has 7 nitrogen and oxygen atoms in total. The van der Waals surface area contributed by atoms with Gasteiger partial charge in [0, 0.05) is 0 Å². The molecule has 0 saturated heterocycles. The van der Waals surface area contributed by atoms with Crippen LogP contribution >= 0.6 is 11.6 Å². The first kappa shape index (κ1) is 27.0. The number of nitrogens with zero attached hydrogens (tertiary/aromatic N) is 2. The third kappa shape index (κ3) is 7.72. The Morgan fingerprint density at radius 2 is 1.75 bits per heavy atom. The fourth-order valence-electron chi connectivity index (χ4n) is 3.02. The van der Waals surface area contributed by atoms with Gasteiger partial charge in [0.1, 0.15) is 18.9 Å². The number of anilines is 1. The molecule has 0 aromatic heterocycles. The number of hydrogen-bond acceptors (Lipinski definition) is 5. The van der Waals surface area contributed by atoms with Crippen LogP contribution in [0.1, 0.15) is 16.7 Å². The van der Waals surface area contributed by atoms with Gasteiger partial charge in [0.05, 0.1) is 28.7 Å². The van der Waals surface area contributed by atoms with Gasteiger partial charge in [-0.05, 0) is 53.6 Å². The maximum absolute atomic E-state index is 13.2. The predicted octanol–water partition coefficient (Wildman–Crippen LogP) is 4.85. The van der Waals surface area contributed by atoms with Crippen LogP contribution in [0.5, 0.6) is 5.75 Å². The lowest BCUT2D eigenvalue weighted by atomic mass is 10.2. The van der Waals surface area contributed by atoms with E-state index in [9.17, 15) is 26.4 Å².